The zero-order valence-electron chi connectivity index (χ0n) is 15.6. The first-order chi connectivity index (χ1) is 12.1. The van der Waals surface area contributed by atoms with Crippen LogP contribution in [0.1, 0.15) is 74.0 Å². The molecule has 0 spiro atoms. The monoisotopic (exact) mass is 363 g/mol. The van der Waals surface area contributed by atoms with E-state index >= 15 is 0 Å². The van der Waals surface area contributed by atoms with E-state index in [1.54, 1.807) is 10.9 Å². The van der Waals surface area contributed by atoms with Gasteiger partial charge in [-0.2, -0.15) is 0 Å². The van der Waals surface area contributed by atoms with Gasteiger partial charge < -0.3 is 5.32 Å². The van der Waals surface area contributed by atoms with Crippen molar-refractivity contribution in [3.8, 4) is 0 Å². The third-order valence-electron chi connectivity index (χ3n) is 4.40. The van der Waals surface area contributed by atoms with E-state index in [-0.39, 0.29) is 11.5 Å². The first-order valence-corrected chi connectivity index (χ1v) is 10.2. The summed E-state index contributed by atoms with van der Waals surface area (Å²) in [6.07, 6.45) is 9.65. The van der Waals surface area contributed by atoms with Crippen LogP contribution < -0.4 is 10.9 Å². The summed E-state index contributed by atoms with van der Waals surface area (Å²) in [5.41, 5.74) is 0.707. The maximum absolute atomic E-state index is 12.6. The second kappa shape index (κ2) is 9.70. The number of rotatable bonds is 10. The largest absolute Gasteiger partial charge is 0.351 e. The molecule has 6 heteroatoms. The van der Waals surface area contributed by atoms with Gasteiger partial charge in [-0.15, -0.1) is 11.3 Å². The molecule has 0 radical (unpaired) electrons. The summed E-state index contributed by atoms with van der Waals surface area (Å²) < 4.78 is 1.63. The van der Waals surface area contributed by atoms with Crippen molar-refractivity contribution in [2.75, 3.05) is 6.54 Å². The van der Waals surface area contributed by atoms with E-state index in [2.05, 4.69) is 17.2 Å². The summed E-state index contributed by atoms with van der Waals surface area (Å²) in [5.74, 6) is -0.0875. The van der Waals surface area contributed by atoms with Gasteiger partial charge in [-0.25, -0.2) is 4.98 Å². The Kier molecular flexibility index (Phi) is 7.62. The van der Waals surface area contributed by atoms with Gasteiger partial charge in [0.15, 0.2) is 0 Å². The van der Waals surface area contributed by atoms with Crippen LogP contribution in [0.4, 0.5) is 0 Å². The summed E-state index contributed by atoms with van der Waals surface area (Å²) in [4.78, 5) is 30.6. The molecule has 0 aromatic carbocycles. The van der Waals surface area contributed by atoms with Crippen molar-refractivity contribution in [2.45, 2.75) is 72.3 Å². The third-order valence-corrected chi connectivity index (χ3v) is 5.60. The minimum Gasteiger partial charge on any atom is -0.351 e. The number of hydrogen-bond acceptors (Lipinski definition) is 4. The molecule has 1 N–H and O–H groups in total. The highest BCUT2D eigenvalue weighted by Crippen LogP contribution is 2.26. The number of nitrogens with one attached hydrogen (secondary N) is 1. The first-order valence-electron chi connectivity index (χ1n) is 9.36. The smallest absolute Gasteiger partial charge is 0.262 e. The summed E-state index contributed by atoms with van der Waals surface area (Å²) in [6, 6.07) is 0. The van der Waals surface area contributed by atoms with Crippen LogP contribution in [0.2, 0.25) is 0 Å². The maximum atomic E-state index is 12.6. The van der Waals surface area contributed by atoms with E-state index in [1.807, 2.05) is 13.8 Å². The molecule has 0 saturated heterocycles. The highest BCUT2D eigenvalue weighted by Gasteiger charge is 2.19. The van der Waals surface area contributed by atoms with Crippen LogP contribution in [0.15, 0.2) is 11.1 Å². The zero-order valence-corrected chi connectivity index (χ0v) is 16.4. The number of nitrogens with zero attached hydrogens (tertiary/aromatic N) is 2. The lowest BCUT2D eigenvalue weighted by molar-refractivity contribution is 0.0956. The second-order valence-electron chi connectivity index (χ2n) is 6.50. The number of carbonyl (C=O) groups is 1. The molecular formula is C19H29N3O2S. The number of amides is 1. The molecule has 1 amide bonds. The van der Waals surface area contributed by atoms with Crippen LogP contribution in [-0.4, -0.2) is 22.0 Å². The van der Waals surface area contributed by atoms with Crippen molar-refractivity contribution in [3.05, 3.63) is 27.1 Å². The SMILES string of the molecule is CCCCCCCCNC(=O)c1sc2ncn(CCC)c(=O)c2c1C. The van der Waals surface area contributed by atoms with Crippen molar-refractivity contribution < 1.29 is 4.79 Å². The predicted molar refractivity (Wildman–Crippen MR) is 105 cm³/mol. The lowest BCUT2D eigenvalue weighted by atomic mass is 10.1. The van der Waals surface area contributed by atoms with Crippen LogP contribution in [-0.2, 0) is 6.54 Å². The molecule has 0 aliphatic heterocycles. The molecule has 2 heterocycles. The number of hydrogen-bond donors (Lipinski definition) is 1. The van der Waals surface area contributed by atoms with Crippen molar-refractivity contribution in [1.29, 1.82) is 0 Å². The van der Waals surface area contributed by atoms with Gasteiger partial charge >= 0.3 is 0 Å². The quantitative estimate of drug-likeness (QED) is 0.641. The van der Waals surface area contributed by atoms with Crippen LogP contribution in [0.3, 0.4) is 0 Å². The minimum atomic E-state index is -0.0875. The molecule has 0 aliphatic carbocycles. The molecule has 138 valence electrons. The van der Waals surface area contributed by atoms with Gasteiger partial charge in [0, 0.05) is 13.1 Å². The number of aromatic nitrogens is 2. The lowest BCUT2D eigenvalue weighted by Gasteiger charge is -2.04. The third kappa shape index (κ3) is 4.91. The Hall–Kier alpha value is -1.69. The Morgan fingerprint density at radius 1 is 1.16 bits per heavy atom. The van der Waals surface area contributed by atoms with Crippen LogP contribution >= 0.6 is 11.3 Å². The number of carbonyl (C=O) groups excluding carboxylic acids is 1. The van der Waals surface area contributed by atoms with Gasteiger partial charge in [-0.3, -0.25) is 14.2 Å². The Bertz CT molecular complexity index is 764. The normalized spacial score (nSPS) is 11.2. The van der Waals surface area contributed by atoms with Crippen molar-refractivity contribution in [1.82, 2.24) is 14.9 Å². The standard InChI is InChI=1S/C19H29N3O2S/c1-4-6-7-8-9-10-11-20-17(23)16-14(3)15-18(25-16)21-13-22(12-5-2)19(15)24/h13H,4-12H2,1-3H3,(H,20,23). The summed E-state index contributed by atoms with van der Waals surface area (Å²) in [7, 11) is 0. The Morgan fingerprint density at radius 2 is 1.88 bits per heavy atom. The molecule has 0 bridgehead atoms. The van der Waals surface area contributed by atoms with Gasteiger partial charge in [0.05, 0.1) is 16.6 Å². The molecule has 2 rings (SSSR count). The van der Waals surface area contributed by atoms with E-state index in [0.717, 1.165) is 24.8 Å². The fourth-order valence-corrected chi connectivity index (χ4v) is 4.02. The summed E-state index contributed by atoms with van der Waals surface area (Å²) >= 11 is 1.31. The van der Waals surface area contributed by atoms with Crippen LogP contribution in [0.25, 0.3) is 10.2 Å². The molecular weight excluding hydrogens is 334 g/mol. The Balaban J connectivity index is 2.00. The molecule has 5 nitrogen and oxygen atoms in total. The highest BCUT2D eigenvalue weighted by molar-refractivity contribution is 7.20. The van der Waals surface area contributed by atoms with Gasteiger partial charge in [-0.1, -0.05) is 46.0 Å². The van der Waals surface area contributed by atoms with Crippen LogP contribution in [0.5, 0.6) is 0 Å². The summed E-state index contributed by atoms with van der Waals surface area (Å²) in [5, 5.41) is 3.57. The summed E-state index contributed by atoms with van der Waals surface area (Å²) in [6.45, 7) is 7.41. The van der Waals surface area contributed by atoms with Crippen molar-refractivity contribution in [3.63, 3.8) is 0 Å². The number of unbranched alkanes of at least 4 members (excludes halogenated alkanes) is 5. The molecule has 25 heavy (non-hydrogen) atoms. The average Bonchev–Trinajstić information content (AvgIpc) is 2.94. The van der Waals surface area contributed by atoms with E-state index < -0.39 is 0 Å². The minimum absolute atomic E-state index is 0.0458. The Labute approximate surface area is 153 Å². The van der Waals surface area contributed by atoms with Crippen molar-refractivity contribution >= 4 is 27.5 Å². The molecule has 0 saturated carbocycles. The van der Waals surface area contributed by atoms with E-state index in [1.165, 1.54) is 37.0 Å². The molecule has 2 aromatic rings. The van der Waals surface area contributed by atoms with E-state index in [0.29, 0.717) is 28.2 Å². The average molecular weight is 364 g/mol. The fourth-order valence-electron chi connectivity index (χ4n) is 2.96. The topological polar surface area (TPSA) is 64.0 Å². The highest BCUT2D eigenvalue weighted by atomic mass is 32.1. The number of aryl methyl sites for hydroxylation is 2. The van der Waals surface area contributed by atoms with Gasteiger partial charge in [0.1, 0.15) is 4.83 Å². The number of thiophene rings is 1. The second-order valence-corrected chi connectivity index (χ2v) is 7.50. The van der Waals surface area contributed by atoms with E-state index in [9.17, 15) is 9.59 Å². The van der Waals surface area contributed by atoms with E-state index in [4.69, 9.17) is 0 Å². The predicted octanol–water partition coefficient (Wildman–Crippen LogP) is 4.27. The van der Waals surface area contributed by atoms with Crippen molar-refractivity contribution in [2.24, 2.45) is 0 Å². The number of fused-ring (bicyclic) bond motifs is 1. The van der Waals surface area contributed by atoms with Gasteiger partial charge in [0.2, 0.25) is 0 Å². The van der Waals surface area contributed by atoms with Gasteiger partial charge in [-0.05, 0) is 25.3 Å². The first kappa shape index (κ1) is 19.6. The molecule has 0 aliphatic rings. The molecule has 0 atom stereocenters. The fraction of sp³-hybridized carbons (Fsp3) is 0.632. The Morgan fingerprint density at radius 3 is 2.60 bits per heavy atom. The lowest BCUT2D eigenvalue weighted by Crippen LogP contribution is -2.24. The molecule has 0 fully saturated rings. The maximum Gasteiger partial charge on any atom is 0.262 e. The van der Waals surface area contributed by atoms with Gasteiger partial charge in [0.25, 0.3) is 11.5 Å². The zero-order chi connectivity index (χ0) is 18.2. The molecule has 2 aromatic heterocycles. The van der Waals surface area contributed by atoms with Crippen LogP contribution in [0, 0.1) is 6.92 Å². The molecule has 0 unspecified atom stereocenters.